The highest BCUT2D eigenvalue weighted by Crippen LogP contribution is 2.39. The SMILES string of the molecule is COC(=O)c1cnc(-c2cn(CCCNC(=O)c3ccc(OCc4ccc(OC)cc4)c(OCc4ccc(OC)cc4)c3Cl)[n+](C)c2)s1. The molecule has 0 unspecified atom stereocenters. The summed E-state index contributed by atoms with van der Waals surface area (Å²) in [7, 11) is 6.49. The van der Waals surface area contributed by atoms with Gasteiger partial charge in [-0.2, -0.15) is 4.68 Å². The summed E-state index contributed by atoms with van der Waals surface area (Å²) in [5.74, 6) is 1.43. The molecule has 3 aromatic carbocycles. The molecule has 0 aliphatic carbocycles. The van der Waals surface area contributed by atoms with Crippen LogP contribution in [0.2, 0.25) is 5.02 Å². The molecule has 48 heavy (non-hydrogen) atoms. The zero-order chi connectivity index (χ0) is 34.0. The number of amides is 1. The van der Waals surface area contributed by atoms with Gasteiger partial charge in [0, 0.05) is 6.54 Å². The summed E-state index contributed by atoms with van der Waals surface area (Å²) < 4.78 is 31.5. The van der Waals surface area contributed by atoms with Gasteiger partial charge in [0.25, 0.3) is 5.91 Å². The van der Waals surface area contributed by atoms with E-state index in [1.165, 1.54) is 24.6 Å². The van der Waals surface area contributed by atoms with Crippen molar-refractivity contribution in [2.45, 2.75) is 26.2 Å². The van der Waals surface area contributed by atoms with Crippen LogP contribution in [-0.2, 0) is 31.5 Å². The lowest BCUT2D eigenvalue weighted by Crippen LogP contribution is -2.38. The quantitative estimate of drug-likeness (QED) is 0.0824. The van der Waals surface area contributed by atoms with E-state index in [0.717, 1.165) is 28.2 Å². The number of hydrogen-bond donors (Lipinski definition) is 1. The van der Waals surface area contributed by atoms with E-state index in [2.05, 4.69) is 10.3 Å². The molecule has 0 fully saturated rings. The lowest BCUT2D eigenvalue weighted by molar-refractivity contribution is -0.753. The number of benzene rings is 3. The molecule has 0 saturated carbocycles. The second kappa shape index (κ2) is 16.2. The van der Waals surface area contributed by atoms with Gasteiger partial charge in [0.05, 0.1) is 56.4 Å². The molecule has 2 aromatic heterocycles. The molecule has 0 aliphatic heterocycles. The maximum Gasteiger partial charge on any atom is 0.349 e. The van der Waals surface area contributed by atoms with Gasteiger partial charge in [0.1, 0.15) is 34.6 Å². The van der Waals surface area contributed by atoms with E-state index >= 15 is 0 Å². The number of halogens is 1. The number of aromatic nitrogens is 3. The fourth-order valence-electron chi connectivity index (χ4n) is 4.76. The smallest absolute Gasteiger partial charge is 0.349 e. The molecular formula is C35H36ClN4O7S+. The summed E-state index contributed by atoms with van der Waals surface area (Å²) >= 11 is 8.09. The number of ether oxygens (including phenoxy) is 5. The molecule has 1 amide bonds. The molecule has 0 radical (unpaired) electrons. The van der Waals surface area contributed by atoms with E-state index in [9.17, 15) is 9.59 Å². The van der Waals surface area contributed by atoms with Crippen molar-refractivity contribution in [2.75, 3.05) is 27.9 Å². The lowest BCUT2D eigenvalue weighted by atomic mass is 10.1. The van der Waals surface area contributed by atoms with Crippen molar-refractivity contribution < 1.29 is 38.0 Å². The van der Waals surface area contributed by atoms with Crippen LogP contribution in [0.1, 0.15) is 37.6 Å². The Kier molecular flexibility index (Phi) is 11.5. The fourth-order valence-corrected chi connectivity index (χ4v) is 5.86. The van der Waals surface area contributed by atoms with Gasteiger partial charge in [-0.3, -0.25) is 4.79 Å². The Labute approximate surface area is 287 Å². The van der Waals surface area contributed by atoms with Gasteiger partial charge in [0.2, 0.25) is 6.20 Å². The molecule has 1 N–H and O–H groups in total. The normalized spacial score (nSPS) is 10.8. The number of carbonyl (C=O) groups excluding carboxylic acids is 2. The van der Waals surface area contributed by atoms with Gasteiger partial charge in [-0.05, 0) is 53.9 Å². The summed E-state index contributed by atoms with van der Waals surface area (Å²) in [5, 5.41) is 3.84. The highest BCUT2D eigenvalue weighted by atomic mass is 35.5. The largest absolute Gasteiger partial charge is 0.497 e. The Balaban J connectivity index is 1.24. The molecule has 2 heterocycles. The standard InChI is InChI=1S/C35H35ClN4O7S/c1-39-19-25(34-38-18-30(48-34)35(42)45-4)20-40(39)17-5-16-37-33(41)28-14-15-29(46-21-23-6-10-26(43-2)11-7-23)32(31(28)36)47-22-24-8-12-27(44-3)13-9-24/h6-15,18-20H,5,16-17,21-22H2,1-4H3/p+1. The maximum absolute atomic E-state index is 13.3. The summed E-state index contributed by atoms with van der Waals surface area (Å²) in [4.78, 5) is 29.9. The average Bonchev–Trinajstić information content (AvgIpc) is 3.76. The van der Waals surface area contributed by atoms with Gasteiger partial charge < -0.3 is 29.0 Å². The van der Waals surface area contributed by atoms with Gasteiger partial charge in [-0.25, -0.2) is 9.78 Å². The molecule has 0 spiro atoms. The first-order valence-electron chi connectivity index (χ1n) is 15.0. The van der Waals surface area contributed by atoms with Crippen LogP contribution >= 0.6 is 22.9 Å². The highest BCUT2D eigenvalue weighted by molar-refractivity contribution is 7.16. The van der Waals surface area contributed by atoms with E-state index < -0.39 is 5.97 Å². The Morgan fingerprint density at radius 3 is 2.19 bits per heavy atom. The van der Waals surface area contributed by atoms with Crippen LogP contribution in [0.15, 0.2) is 79.3 Å². The van der Waals surface area contributed by atoms with Gasteiger partial charge in [-0.15, -0.1) is 16.0 Å². The van der Waals surface area contributed by atoms with Gasteiger partial charge in [0.15, 0.2) is 18.5 Å². The molecule has 11 nitrogen and oxygen atoms in total. The van der Waals surface area contributed by atoms with E-state index in [4.69, 9.17) is 35.3 Å². The number of methoxy groups -OCH3 is 3. The zero-order valence-corrected chi connectivity index (χ0v) is 28.6. The Morgan fingerprint density at radius 2 is 1.56 bits per heavy atom. The summed E-state index contributed by atoms with van der Waals surface area (Å²) in [6.45, 7) is 1.51. The fraction of sp³-hybridized carbons (Fsp3) is 0.257. The van der Waals surface area contributed by atoms with Crippen molar-refractivity contribution in [3.63, 3.8) is 0 Å². The van der Waals surface area contributed by atoms with Crippen LogP contribution in [0.3, 0.4) is 0 Å². The van der Waals surface area contributed by atoms with Crippen LogP contribution in [0.4, 0.5) is 0 Å². The van der Waals surface area contributed by atoms with Gasteiger partial charge in [-0.1, -0.05) is 35.9 Å². The Bertz CT molecular complexity index is 1860. The minimum atomic E-state index is -0.412. The van der Waals surface area contributed by atoms with Crippen molar-refractivity contribution in [1.82, 2.24) is 15.0 Å². The first-order valence-corrected chi connectivity index (χ1v) is 16.2. The zero-order valence-electron chi connectivity index (χ0n) is 27.0. The predicted octanol–water partition coefficient (Wildman–Crippen LogP) is 5.87. The number of nitrogens with one attached hydrogen (secondary N) is 1. The van der Waals surface area contributed by atoms with Crippen LogP contribution in [0, 0.1) is 0 Å². The van der Waals surface area contributed by atoms with Crippen molar-refractivity contribution >= 4 is 34.8 Å². The van der Waals surface area contributed by atoms with E-state index in [1.807, 2.05) is 77.3 Å². The summed E-state index contributed by atoms with van der Waals surface area (Å²) in [6, 6.07) is 18.4. The molecule has 5 rings (SSSR count). The molecule has 0 aliphatic rings. The Hall–Kier alpha value is -5.07. The highest BCUT2D eigenvalue weighted by Gasteiger charge is 2.21. The number of aryl methyl sites for hydroxylation is 2. The van der Waals surface area contributed by atoms with Crippen LogP contribution in [0.5, 0.6) is 23.0 Å². The first-order chi connectivity index (χ1) is 23.3. The first kappa shape index (κ1) is 34.3. The molecule has 5 aromatic rings. The second-order valence-electron chi connectivity index (χ2n) is 10.6. The topological polar surface area (TPSA) is 114 Å². The van der Waals surface area contributed by atoms with Crippen molar-refractivity contribution in [3.8, 4) is 33.6 Å². The number of hydrogen-bond acceptors (Lipinski definition) is 9. The van der Waals surface area contributed by atoms with E-state index in [-0.39, 0.29) is 35.5 Å². The molecule has 0 saturated heterocycles. The number of nitrogens with zero attached hydrogens (tertiary/aromatic N) is 3. The van der Waals surface area contributed by atoms with Crippen molar-refractivity contribution in [2.24, 2.45) is 7.05 Å². The van der Waals surface area contributed by atoms with Crippen LogP contribution < -0.4 is 28.9 Å². The number of esters is 1. The average molecular weight is 692 g/mol. The Morgan fingerprint density at radius 1 is 0.917 bits per heavy atom. The molecule has 0 bridgehead atoms. The van der Waals surface area contributed by atoms with Gasteiger partial charge >= 0.3 is 5.97 Å². The minimum absolute atomic E-state index is 0.157. The molecule has 13 heteroatoms. The summed E-state index contributed by atoms with van der Waals surface area (Å²) in [5.41, 5.74) is 2.97. The van der Waals surface area contributed by atoms with E-state index in [0.29, 0.717) is 35.1 Å². The minimum Gasteiger partial charge on any atom is -0.497 e. The third-order valence-corrected chi connectivity index (χ3v) is 8.81. The van der Waals surface area contributed by atoms with Crippen LogP contribution in [0.25, 0.3) is 10.6 Å². The second-order valence-corrected chi connectivity index (χ2v) is 12.0. The number of thiazole rings is 1. The van der Waals surface area contributed by atoms with Crippen molar-refractivity contribution in [1.29, 1.82) is 0 Å². The number of rotatable bonds is 15. The molecular weight excluding hydrogens is 656 g/mol. The molecule has 0 atom stereocenters. The molecule has 250 valence electrons. The van der Waals surface area contributed by atoms with Crippen molar-refractivity contribution in [3.05, 3.63) is 106 Å². The summed E-state index contributed by atoms with van der Waals surface area (Å²) in [6.07, 6.45) is 6.05. The lowest BCUT2D eigenvalue weighted by Gasteiger charge is -2.17. The third-order valence-electron chi connectivity index (χ3n) is 7.41. The van der Waals surface area contributed by atoms with E-state index in [1.54, 1.807) is 26.4 Å². The van der Waals surface area contributed by atoms with Crippen LogP contribution in [-0.4, -0.2) is 49.4 Å². The predicted molar refractivity (Wildman–Crippen MR) is 181 cm³/mol. The monoisotopic (exact) mass is 691 g/mol. The third kappa shape index (κ3) is 8.44. The number of carbonyl (C=O) groups is 2. The maximum atomic E-state index is 13.3.